The molecule has 4 heterocycles. The van der Waals surface area contributed by atoms with Gasteiger partial charge in [-0.3, -0.25) is 14.5 Å². The van der Waals surface area contributed by atoms with Crippen LogP contribution >= 0.6 is 12.2 Å². The Labute approximate surface area is 203 Å². The molecular weight excluding hydrogens is 444 g/mol. The Morgan fingerprint density at radius 1 is 0.912 bits per heavy atom. The predicted molar refractivity (Wildman–Crippen MR) is 133 cm³/mol. The third-order valence-corrected chi connectivity index (χ3v) is 6.39. The SMILES string of the molecule is N#Cc1cccnc1N1CCN(Cn2nc(-c3ccncc3)n(Cc3ccccc3)c2=S)CC1. The van der Waals surface area contributed by atoms with Crippen molar-refractivity contribution in [3.8, 4) is 17.5 Å². The van der Waals surface area contributed by atoms with E-state index in [9.17, 15) is 5.26 Å². The molecule has 1 aliphatic heterocycles. The van der Waals surface area contributed by atoms with E-state index in [-0.39, 0.29) is 0 Å². The fourth-order valence-corrected chi connectivity index (χ4v) is 4.43. The molecule has 1 saturated heterocycles. The number of piperazine rings is 1. The fraction of sp³-hybridized carbons (Fsp3) is 0.240. The Morgan fingerprint density at radius 3 is 2.41 bits per heavy atom. The van der Waals surface area contributed by atoms with E-state index in [2.05, 4.69) is 42.5 Å². The minimum absolute atomic E-state index is 0.611. The Hall–Kier alpha value is -3.87. The van der Waals surface area contributed by atoms with Crippen molar-refractivity contribution >= 4 is 18.0 Å². The van der Waals surface area contributed by atoms with Crippen LogP contribution in [0.15, 0.2) is 73.2 Å². The van der Waals surface area contributed by atoms with E-state index in [0.29, 0.717) is 23.5 Å². The van der Waals surface area contributed by atoms with Gasteiger partial charge in [0.05, 0.1) is 18.8 Å². The molecule has 170 valence electrons. The molecule has 0 saturated carbocycles. The van der Waals surface area contributed by atoms with Crippen molar-refractivity contribution in [3.05, 3.63) is 89.1 Å². The molecule has 0 unspecified atom stereocenters. The van der Waals surface area contributed by atoms with Crippen LogP contribution < -0.4 is 4.90 Å². The van der Waals surface area contributed by atoms with Crippen LogP contribution in [0.5, 0.6) is 0 Å². The summed E-state index contributed by atoms with van der Waals surface area (Å²) in [6.07, 6.45) is 5.29. The molecule has 0 aliphatic carbocycles. The second-order valence-electron chi connectivity index (χ2n) is 8.15. The molecule has 8 nitrogen and oxygen atoms in total. The summed E-state index contributed by atoms with van der Waals surface area (Å²) in [6, 6.07) is 20.1. The summed E-state index contributed by atoms with van der Waals surface area (Å²) < 4.78 is 4.68. The van der Waals surface area contributed by atoms with Crippen molar-refractivity contribution < 1.29 is 0 Å². The molecular formula is C25H24N8S. The summed E-state index contributed by atoms with van der Waals surface area (Å²) in [7, 11) is 0. The van der Waals surface area contributed by atoms with Gasteiger partial charge in [-0.25, -0.2) is 9.67 Å². The smallest absolute Gasteiger partial charge is 0.199 e. The first-order valence-electron chi connectivity index (χ1n) is 11.2. The largest absolute Gasteiger partial charge is 0.353 e. The van der Waals surface area contributed by atoms with Gasteiger partial charge in [0.25, 0.3) is 0 Å². The summed E-state index contributed by atoms with van der Waals surface area (Å²) in [5.74, 6) is 1.59. The number of nitriles is 1. The lowest BCUT2D eigenvalue weighted by Gasteiger charge is -2.35. The Kier molecular flexibility index (Phi) is 6.42. The van der Waals surface area contributed by atoms with Crippen LogP contribution in [-0.2, 0) is 13.2 Å². The average molecular weight is 469 g/mol. The second-order valence-corrected chi connectivity index (χ2v) is 8.51. The quantitative estimate of drug-likeness (QED) is 0.400. The number of rotatable bonds is 6. The predicted octanol–water partition coefficient (Wildman–Crippen LogP) is 3.57. The van der Waals surface area contributed by atoms with E-state index in [0.717, 1.165) is 43.4 Å². The molecule has 34 heavy (non-hydrogen) atoms. The summed E-state index contributed by atoms with van der Waals surface area (Å²) in [5, 5.41) is 14.3. The van der Waals surface area contributed by atoms with Gasteiger partial charge in [-0.1, -0.05) is 30.3 Å². The van der Waals surface area contributed by atoms with Gasteiger partial charge in [-0.2, -0.15) is 10.4 Å². The van der Waals surface area contributed by atoms with Crippen LogP contribution in [0.4, 0.5) is 5.82 Å². The van der Waals surface area contributed by atoms with E-state index in [4.69, 9.17) is 17.3 Å². The zero-order valence-electron chi connectivity index (χ0n) is 18.7. The molecule has 9 heteroatoms. The highest BCUT2D eigenvalue weighted by Crippen LogP contribution is 2.21. The first-order valence-corrected chi connectivity index (χ1v) is 11.6. The van der Waals surface area contributed by atoms with Crippen LogP contribution in [0.3, 0.4) is 0 Å². The van der Waals surface area contributed by atoms with Crippen LogP contribution in [0.1, 0.15) is 11.1 Å². The molecule has 0 spiro atoms. The molecule has 3 aromatic heterocycles. The Bertz CT molecular complexity index is 1350. The molecule has 5 rings (SSSR count). The maximum atomic E-state index is 9.40. The van der Waals surface area contributed by atoms with Crippen LogP contribution in [0.2, 0.25) is 0 Å². The van der Waals surface area contributed by atoms with Crippen molar-refractivity contribution in [1.82, 2.24) is 29.2 Å². The van der Waals surface area contributed by atoms with E-state index in [1.54, 1.807) is 24.7 Å². The lowest BCUT2D eigenvalue weighted by atomic mass is 10.2. The molecule has 0 amide bonds. The van der Waals surface area contributed by atoms with Crippen LogP contribution in [-0.4, -0.2) is 55.4 Å². The lowest BCUT2D eigenvalue weighted by Crippen LogP contribution is -2.47. The molecule has 4 aromatic rings. The molecule has 1 fully saturated rings. The maximum absolute atomic E-state index is 9.40. The van der Waals surface area contributed by atoms with Gasteiger partial charge < -0.3 is 4.90 Å². The molecule has 1 aliphatic rings. The van der Waals surface area contributed by atoms with Crippen molar-refractivity contribution in [2.75, 3.05) is 31.1 Å². The lowest BCUT2D eigenvalue weighted by molar-refractivity contribution is 0.194. The monoisotopic (exact) mass is 468 g/mol. The maximum Gasteiger partial charge on any atom is 0.199 e. The molecule has 0 N–H and O–H groups in total. The zero-order chi connectivity index (χ0) is 23.3. The van der Waals surface area contributed by atoms with Gasteiger partial charge in [0.15, 0.2) is 10.6 Å². The minimum atomic E-state index is 0.611. The van der Waals surface area contributed by atoms with Gasteiger partial charge >= 0.3 is 0 Å². The van der Waals surface area contributed by atoms with Crippen molar-refractivity contribution in [3.63, 3.8) is 0 Å². The Morgan fingerprint density at radius 2 is 1.68 bits per heavy atom. The zero-order valence-corrected chi connectivity index (χ0v) is 19.5. The van der Waals surface area contributed by atoms with E-state index >= 15 is 0 Å². The number of hydrogen-bond donors (Lipinski definition) is 0. The third kappa shape index (κ3) is 4.59. The summed E-state index contributed by atoms with van der Waals surface area (Å²) in [4.78, 5) is 13.1. The number of aromatic nitrogens is 5. The van der Waals surface area contributed by atoms with Crippen molar-refractivity contribution in [1.29, 1.82) is 5.26 Å². The van der Waals surface area contributed by atoms with Crippen molar-refractivity contribution in [2.24, 2.45) is 0 Å². The normalized spacial score (nSPS) is 14.1. The highest BCUT2D eigenvalue weighted by molar-refractivity contribution is 7.71. The summed E-state index contributed by atoms with van der Waals surface area (Å²) >= 11 is 5.88. The van der Waals surface area contributed by atoms with Gasteiger partial charge in [-0.15, -0.1) is 0 Å². The topological polar surface area (TPSA) is 78.8 Å². The van der Waals surface area contributed by atoms with Gasteiger partial charge in [0.2, 0.25) is 0 Å². The van der Waals surface area contributed by atoms with Crippen LogP contribution in [0.25, 0.3) is 11.4 Å². The van der Waals surface area contributed by atoms with Crippen LogP contribution in [0, 0.1) is 16.1 Å². The van der Waals surface area contributed by atoms with E-state index in [1.807, 2.05) is 41.1 Å². The van der Waals surface area contributed by atoms with E-state index < -0.39 is 0 Å². The minimum Gasteiger partial charge on any atom is -0.353 e. The molecule has 0 radical (unpaired) electrons. The van der Waals surface area contributed by atoms with Gasteiger partial charge in [0, 0.05) is 50.3 Å². The highest BCUT2D eigenvalue weighted by Gasteiger charge is 2.22. The highest BCUT2D eigenvalue weighted by atomic mass is 32.1. The molecule has 1 aromatic carbocycles. The third-order valence-electron chi connectivity index (χ3n) is 5.96. The van der Waals surface area contributed by atoms with Gasteiger partial charge in [-0.05, 0) is 42.0 Å². The average Bonchev–Trinajstić information content (AvgIpc) is 3.20. The first kappa shape index (κ1) is 21.9. The Balaban J connectivity index is 1.36. The van der Waals surface area contributed by atoms with Crippen molar-refractivity contribution in [2.45, 2.75) is 13.2 Å². The van der Waals surface area contributed by atoms with E-state index in [1.165, 1.54) is 5.56 Å². The fourth-order valence-electron chi connectivity index (χ4n) is 4.18. The standard InChI is InChI=1S/C25H24N8S/c26-17-22-7-4-10-28-23(22)31-15-13-30(14-16-31)19-33-25(34)32(18-20-5-2-1-3-6-20)24(29-33)21-8-11-27-12-9-21/h1-12H,13-16,18-19H2. The first-order chi connectivity index (χ1) is 16.7. The summed E-state index contributed by atoms with van der Waals surface area (Å²) in [5.41, 5.74) is 2.77. The number of pyridine rings is 2. The number of hydrogen-bond acceptors (Lipinski definition) is 7. The molecule has 0 bridgehead atoms. The molecule has 0 atom stereocenters. The second kappa shape index (κ2) is 9.95. The van der Waals surface area contributed by atoms with Gasteiger partial charge in [0.1, 0.15) is 11.9 Å². The number of anilines is 1. The number of nitrogens with zero attached hydrogens (tertiary/aromatic N) is 8. The number of benzene rings is 1. The summed E-state index contributed by atoms with van der Waals surface area (Å²) in [6.45, 7) is 4.52.